The number of aryl methyl sites for hydroxylation is 2. The maximum atomic E-state index is 11.3. The Morgan fingerprint density at radius 2 is 0.619 bits per heavy atom. The molecule has 0 amide bonds. The van der Waals surface area contributed by atoms with E-state index in [-0.39, 0.29) is 47.9 Å². The number of phenols is 4. The van der Waals surface area contributed by atoms with Crippen LogP contribution in [-0.4, -0.2) is 20.4 Å². The van der Waals surface area contributed by atoms with E-state index in [0.717, 1.165) is 54.4 Å². The fraction of sp³-hybridized carbons (Fsp3) is 0.586. The molecule has 4 N–H and O–H groups in total. The first-order chi connectivity index (χ1) is 29.4. The normalized spacial score (nSPS) is 20.2. The minimum atomic E-state index is 0. The number of rotatable bonds is 8. The monoisotopic (exact) mass is 931 g/mol. The fourth-order valence-electron chi connectivity index (χ4n) is 12.8. The van der Waals surface area contributed by atoms with E-state index in [4.69, 9.17) is 0 Å². The van der Waals surface area contributed by atoms with Crippen LogP contribution in [0, 0.1) is 27.7 Å². The summed E-state index contributed by atoms with van der Waals surface area (Å²) in [6.45, 7) is 18.1. The van der Waals surface area contributed by atoms with Gasteiger partial charge in [0.25, 0.3) is 0 Å². The van der Waals surface area contributed by atoms with E-state index in [2.05, 4.69) is 79.7 Å². The Kier molecular flexibility index (Phi) is 15.9. The third-order valence-electron chi connectivity index (χ3n) is 16.9. The summed E-state index contributed by atoms with van der Waals surface area (Å²) in [6.07, 6.45) is 26.0. The molecule has 0 aromatic heterocycles. The van der Waals surface area contributed by atoms with Crippen LogP contribution in [0.4, 0.5) is 0 Å². The molecule has 4 aromatic rings. The standard InChI is InChI=1S/2C29H40O2.Zr/c1-20-22(16-24(30)18-26(20)28(3)11-7-5-8-12-28)15-23-17-25(31)19-27(21(23)2)29(4)13-9-6-10-14-29;1-20-15-22(26(30)24(17-20)28(3)11-7-5-8-12-28)19-23-16-21(2)18-25(27(23)31)29(4)13-9-6-10-14-29;/h16-19,30-31H,5-15H2,1-4H3;15-18,30-31H,5-14,19H2,1-4H3;. The Bertz CT molecular complexity index is 1900. The molecule has 0 atom stereocenters. The zero-order valence-electron chi connectivity index (χ0n) is 40.5. The van der Waals surface area contributed by atoms with Crippen molar-refractivity contribution in [3.63, 3.8) is 0 Å². The number of aromatic hydroxyl groups is 4. The van der Waals surface area contributed by atoms with Gasteiger partial charge in [0, 0.05) is 43.8 Å². The summed E-state index contributed by atoms with van der Waals surface area (Å²) in [5, 5.41) is 43.9. The second kappa shape index (κ2) is 20.2. The van der Waals surface area contributed by atoms with Crippen LogP contribution < -0.4 is 0 Å². The second-order valence-electron chi connectivity index (χ2n) is 22.0. The number of hydrogen-bond acceptors (Lipinski definition) is 4. The molecule has 4 nitrogen and oxygen atoms in total. The van der Waals surface area contributed by atoms with E-state index < -0.39 is 0 Å². The third-order valence-corrected chi connectivity index (χ3v) is 16.9. The van der Waals surface area contributed by atoms with E-state index in [1.54, 1.807) is 0 Å². The van der Waals surface area contributed by atoms with Crippen molar-refractivity contribution in [3.8, 4) is 23.0 Å². The van der Waals surface area contributed by atoms with Crippen molar-refractivity contribution in [1.82, 2.24) is 0 Å². The molecule has 4 aliphatic rings. The molecule has 0 spiro atoms. The summed E-state index contributed by atoms with van der Waals surface area (Å²) in [6, 6.07) is 16.5. The average Bonchev–Trinajstić information content (AvgIpc) is 3.24. The molecular weight excluding hydrogens is 852 g/mol. The minimum absolute atomic E-state index is 0. The van der Waals surface area contributed by atoms with Crippen molar-refractivity contribution in [2.45, 2.75) is 218 Å². The Labute approximate surface area is 400 Å². The summed E-state index contributed by atoms with van der Waals surface area (Å²) < 4.78 is 0. The van der Waals surface area contributed by atoms with Gasteiger partial charge in [0.1, 0.15) is 23.0 Å². The summed E-state index contributed by atoms with van der Waals surface area (Å²) in [7, 11) is 0. The first kappa shape index (κ1) is 49.4. The summed E-state index contributed by atoms with van der Waals surface area (Å²) >= 11 is 0. The maximum Gasteiger partial charge on any atom is 0.122 e. The molecule has 0 radical (unpaired) electrons. The Morgan fingerprint density at radius 1 is 0.349 bits per heavy atom. The maximum absolute atomic E-state index is 11.3. The van der Waals surface area contributed by atoms with Crippen LogP contribution in [-0.2, 0) is 60.7 Å². The van der Waals surface area contributed by atoms with Crippen LogP contribution in [0.25, 0.3) is 0 Å². The second-order valence-corrected chi connectivity index (χ2v) is 22.0. The van der Waals surface area contributed by atoms with Gasteiger partial charge in [0.15, 0.2) is 0 Å². The van der Waals surface area contributed by atoms with Crippen LogP contribution in [0.2, 0.25) is 0 Å². The molecule has 0 heterocycles. The van der Waals surface area contributed by atoms with E-state index in [9.17, 15) is 20.4 Å². The van der Waals surface area contributed by atoms with Crippen molar-refractivity contribution < 1.29 is 46.6 Å². The van der Waals surface area contributed by atoms with Crippen LogP contribution in [0.5, 0.6) is 23.0 Å². The topological polar surface area (TPSA) is 80.9 Å². The molecule has 8 rings (SSSR count). The first-order valence-corrected chi connectivity index (χ1v) is 24.8. The Balaban J connectivity index is 0.000000206. The molecule has 0 bridgehead atoms. The smallest absolute Gasteiger partial charge is 0.122 e. The molecular formula is C58H80O4Zr. The van der Waals surface area contributed by atoms with Crippen LogP contribution >= 0.6 is 0 Å². The van der Waals surface area contributed by atoms with Crippen molar-refractivity contribution in [3.05, 3.63) is 115 Å². The summed E-state index contributed by atoms with van der Waals surface area (Å²) in [4.78, 5) is 0. The van der Waals surface area contributed by atoms with Gasteiger partial charge in [-0.3, -0.25) is 0 Å². The van der Waals surface area contributed by atoms with E-state index >= 15 is 0 Å². The van der Waals surface area contributed by atoms with Crippen molar-refractivity contribution in [2.75, 3.05) is 0 Å². The van der Waals surface area contributed by atoms with Crippen LogP contribution in [0.3, 0.4) is 0 Å². The molecule has 63 heavy (non-hydrogen) atoms. The van der Waals surface area contributed by atoms with Gasteiger partial charge in [-0.1, -0.05) is 140 Å². The van der Waals surface area contributed by atoms with Gasteiger partial charge in [-0.2, -0.15) is 0 Å². The third kappa shape index (κ3) is 10.8. The van der Waals surface area contributed by atoms with Gasteiger partial charge in [0.2, 0.25) is 0 Å². The number of phenolic OH excluding ortho intramolecular Hbond substituents is 4. The van der Waals surface area contributed by atoms with E-state index in [1.807, 2.05) is 24.3 Å². The largest absolute Gasteiger partial charge is 0.508 e. The molecule has 0 unspecified atom stereocenters. The predicted molar refractivity (Wildman–Crippen MR) is 259 cm³/mol. The SMILES string of the molecule is Cc1c(Cc2cc(O)cc(C3(C)CCCCC3)c2C)cc(O)cc1C1(C)CCCCC1.Cc1cc(Cc2cc(C)cc(C3(C)CCCCC3)c2O)c(O)c(C2(C)CCCCC2)c1.[Zr]. The van der Waals surface area contributed by atoms with Gasteiger partial charge in [0.05, 0.1) is 0 Å². The van der Waals surface area contributed by atoms with Crippen LogP contribution in [0.1, 0.15) is 223 Å². The Hall–Kier alpha value is -3.04. The average molecular weight is 932 g/mol. The zero-order valence-corrected chi connectivity index (χ0v) is 42.9. The quantitative estimate of drug-likeness (QED) is 0.142. The van der Waals surface area contributed by atoms with E-state index in [1.165, 1.54) is 147 Å². The molecule has 4 fully saturated rings. The molecule has 4 aliphatic carbocycles. The first-order valence-electron chi connectivity index (χ1n) is 24.8. The number of benzene rings is 4. The zero-order chi connectivity index (χ0) is 44.5. The number of hydrogen-bond donors (Lipinski definition) is 4. The van der Waals surface area contributed by atoms with Gasteiger partial charge in [-0.25, -0.2) is 0 Å². The van der Waals surface area contributed by atoms with Crippen molar-refractivity contribution in [2.24, 2.45) is 0 Å². The van der Waals surface area contributed by atoms with Gasteiger partial charge < -0.3 is 20.4 Å². The molecule has 4 saturated carbocycles. The van der Waals surface area contributed by atoms with Crippen LogP contribution in [0.15, 0.2) is 48.5 Å². The van der Waals surface area contributed by atoms with Gasteiger partial charge in [-0.15, -0.1) is 0 Å². The van der Waals surface area contributed by atoms with Crippen molar-refractivity contribution >= 4 is 0 Å². The van der Waals surface area contributed by atoms with Crippen molar-refractivity contribution in [1.29, 1.82) is 0 Å². The fourth-order valence-corrected chi connectivity index (χ4v) is 12.8. The molecule has 5 heteroatoms. The van der Waals surface area contributed by atoms with Gasteiger partial charge in [-0.05, 0) is 176 Å². The predicted octanol–water partition coefficient (Wildman–Crippen LogP) is 15.5. The Morgan fingerprint density at radius 3 is 0.921 bits per heavy atom. The molecule has 4 aromatic carbocycles. The minimum Gasteiger partial charge on any atom is -0.508 e. The van der Waals surface area contributed by atoms with Gasteiger partial charge >= 0.3 is 0 Å². The summed E-state index contributed by atoms with van der Waals surface area (Å²) in [5.41, 5.74) is 14.6. The summed E-state index contributed by atoms with van der Waals surface area (Å²) in [5.74, 6) is 1.64. The molecule has 0 saturated heterocycles. The molecule has 0 aliphatic heterocycles. The molecule has 340 valence electrons. The van der Waals surface area contributed by atoms with E-state index in [0.29, 0.717) is 29.4 Å².